The summed E-state index contributed by atoms with van der Waals surface area (Å²) in [5.41, 5.74) is 3.47. The lowest BCUT2D eigenvalue weighted by Gasteiger charge is -2.20. The Bertz CT molecular complexity index is 263. The molecule has 1 aromatic rings. The highest BCUT2D eigenvalue weighted by Gasteiger charge is 1.99. The molecule has 0 saturated carbocycles. The van der Waals surface area contributed by atoms with Crippen LogP contribution in [0.1, 0.15) is 16.7 Å². The molecule has 0 aromatic heterocycles. The average Bonchev–Trinajstić information content (AvgIpc) is 1.96. The fourth-order valence-corrected chi connectivity index (χ4v) is 1.49. The lowest BCUT2D eigenvalue weighted by molar-refractivity contribution is 0.598. The van der Waals surface area contributed by atoms with E-state index in [4.69, 9.17) is 16.1 Å². The van der Waals surface area contributed by atoms with Crippen molar-refractivity contribution in [3.63, 3.8) is 0 Å². The molecule has 1 rings (SSSR count). The molecule has 12 heavy (non-hydrogen) atoms. The van der Waals surface area contributed by atoms with Crippen molar-refractivity contribution in [3.05, 3.63) is 28.8 Å². The van der Waals surface area contributed by atoms with Crippen molar-refractivity contribution in [1.82, 2.24) is 0 Å². The van der Waals surface area contributed by atoms with Crippen LogP contribution in [0.4, 0.5) is 0 Å². The third kappa shape index (κ3) is 1.95. The van der Waals surface area contributed by atoms with Crippen LogP contribution >= 0.6 is 11.5 Å². The fourth-order valence-electron chi connectivity index (χ4n) is 1.40. The predicted octanol–water partition coefficient (Wildman–Crippen LogP) is 2.76. The van der Waals surface area contributed by atoms with Crippen molar-refractivity contribution in [2.24, 2.45) is 0 Å². The average molecular weight is 181 g/mol. The molecule has 64 valence electrons. The first-order valence-electron chi connectivity index (χ1n) is 3.81. The van der Waals surface area contributed by atoms with Gasteiger partial charge in [-0.3, -0.25) is 0 Å². The van der Waals surface area contributed by atoms with Crippen LogP contribution in [0.2, 0.25) is 0 Å². The van der Waals surface area contributed by atoms with E-state index in [0.717, 1.165) is 16.9 Å². The van der Waals surface area contributed by atoms with E-state index in [2.05, 4.69) is 19.1 Å². The van der Waals surface area contributed by atoms with Gasteiger partial charge in [-0.1, -0.05) is 17.7 Å². The highest BCUT2D eigenvalue weighted by molar-refractivity contribution is 6.90. The van der Waals surface area contributed by atoms with E-state index in [1.807, 2.05) is 13.8 Å². The largest absolute Gasteiger partial charge is 0.756 e. The Morgan fingerprint density at radius 2 is 1.67 bits per heavy atom. The quantitative estimate of drug-likeness (QED) is 0.638. The van der Waals surface area contributed by atoms with Crippen molar-refractivity contribution in [2.75, 3.05) is 0 Å². The van der Waals surface area contributed by atoms with Gasteiger partial charge in [0.15, 0.2) is 0 Å². The number of benzene rings is 1. The maximum atomic E-state index is 5.37. The molecule has 1 nitrogen and oxygen atoms in total. The van der Waals surface area contributed by atoms with Crippen LogP contribution < -0.4 is 4.65 Å². The second-order valence-electron chi connectivity index (χ2n) is 2.93. The summed E-state index contributed by atoms with van der Waals surface area (Å²) in [6.45, 7) is 7.27. The van der Waals surface area contributed by atoms with Gasteiger partial charge in [0.2, 0.25) is 0 Å². The van der Waals surface area contributed by atoms with Crippen molar-refractivity contribution >= 4 is 18.4 Å². The standard InChI is InChI=1S/C9H11BClO/c1-6-4-7(2)9(12-10-11)8(3)5-6/h4-5H,1-3H3/q-1. The van der Waals surface area contributed by atoms with Gasteiger partial charge in [0.25, 0.3) is 0 Å². The summed E-state index contributed by atoms with van der Waals surface area (Å²) in [4.78, 5) is 0. The minimum atomic E-state index is 0.857. The highest BCUT2D eigenvalue weighted by Crippen LogP contribution is 2.24. The lowest BCUT2D eigenvalue weighted by atomic mass is 10.1. The van der Waals surface area contributed by atoms with Gasteiger partial charge >= 0.3 is 0 Å². The summed E-state index contributed by atoms with van der Waals surface area (Å²) in [5.74, 6) is 0.857. The molecule has 0 unspecified atom stereocenters. The minimum Gasteiger partial charge on any atom is -0.756 e. The first-order chi connectivity index (χ1) is 5.65. The molecule has 0 bridgehead atoms. The van der Waals surface area contributed by atoms with Gasteiger partial charge in [-0.15, -0.1) is 0 Å². The lowest BCUT2D eigenvalue weighted by Crippen LogP contribution is -1.98. The van der Waals surface area contributed by atoms with Crippen molar-refractivity contribution in [2.45, 2.75) is 20.8 Å². The third-order valence-electron chi connectivity index (χ3n) is 1.77. The van der Waals surface area contributed by atoms with Gasteiger partial charge in [0, 0.05) is 6.90 Å². The summed E-state index contributed by atoms with van der Waals surface area (Å²) in [6, 6.07) is 4.14. The summed E-state index contributed by atoms with van der Waals surface area (Å²) in [5, 5.41) is 0. The van der Waals surface area contributed by atoms with Gasteiger partial charge in [0.1, 0.15) is 0 Å². The number of halogens is 1. The van der Waals surface area contributed by atoms with Crippen LogP contribution in [0.15, 0.2) is 12.1 Å². The Morgan fingerprint density at radius 1 is 1.17 bits per heavy atom. The molecule has 0 saturated heterocycles. The third-order valence-corrected chi connectivity index (χ3v) is 1.86. The van der Waals surface area contributed by atoms with Gasteiger partial charge in [0.05, 0.1) is 5.75 Å². The highest BCUT2D eigenvalue weighted by atomic mass is 35.5. The molecule has 1 aromatic carbocycles. The molecule has 0 aliphatic carbocycles. The second kappa shape index (κ2) is 3.86. The molecular weight excluding hydrogens is 170 g/mol. The van der Waals surface area contributed by atoms with Crippen LogP contribution in [0.3, 0.4) is 0 Å². The molecule has 0 heterocycles. The number of rotatable bonds is 2. The van der Waals surface area contributed by atoms with E-state index < -0.39 is 0 Å². The molecule has 0 fully saturated rings. The Kier molecular flexibility index (Phi) is 3.04. The summed E-state index contributed by atoms with van der Waals surface area (Å²) in [7, 11) is 0. The zero-order valence-electron chi connectivity index (χ0n) is 7.52. The smallest absolute Gasteiger partial charge is 0.0704 e. The second-order valence-corrected chi connectivity index (χ2v) is 3.11. The van der Waals surface area contributed by atoms with E-state index in [9.17, 15) is 0 Å². The van der Waals surface area contributed by atoms with Gasteiger partial charge in [-0.05, 0) is 31.9 Å². The normalized spacial score (nSPS) is 10.0. The molecule has 0 N–H and O–H groups in total. The Hall–Kier alpha value is -0.625. The maximum absolute atomic E-state index is 5.37. The van der Waals surface area contributed by atoms with E-state index in [0.29, 0.717) is 0 Å². The van der Waals surface area contributed by atoms with Gasteiger partial charge < -0.3 is 16.1 Å². The molecule has 0 aliphatic rings. The summed E-state index contributed by atoms with van der Waals surface area (Å²) < 4.78 is 5.16. The first-order valence-corrected chi connectivity index (χ1v) is 4.25. The van der Waals surface area contributed by atoms with Crippen LogP contribution in [-0.2, 0) is 0 Å². The molecular formula is C9H11BClO-. The fraction of sp³-hybridized carbons (Fsp3) is 0.333. The van der Waals surface area contributed by atoms with Crippen LogP contribution in [0.5, 0.6) is 5.75 Å². The number of hydrogen-bond acceptors (Lipinski definition) is 1. The molecule has 0 atom stereocenters. The Balaban J connectivity index is 3.10. The summed E-state index contributed by atoms with van der Waals surface area (Å²) >= 11 is 5.37. The number of hydrogen-bond donors (Lipinski definition) is 0. The Labute approximate surface area is 78.9 Å². The molecule has 2 radical (unpaired) electrons. The molecule has 0 spiro atoms. The maximum Gasteiger partial charge on any atom is 0.0704 e. The Morgan fingerprint density at radius 3 is 2.08 bits per heavy atom. The summed E-state index contributed by atoms with van der Waals surface area (Å²) in [6.07, 6.45) is 0. The van der Waals surface area contributed by atoms with E-state index in [1.54, 1.807) is 0 Å². The zero-order chi connectivity index (χ0) is 9.14. The topological polar surface area (TPSA) is 9.23 Å². The molecule has 3 heteroatoms. The zero-order valence-corrected chi connectivity index (χ0v) is 8.27. The van der Waals surface area contributed by atoms with Crippen LogP contribution in [0, 0.1) is 20.8 Å². The van der Waals surface area contributed by atoms with Crippen LogP contribution in [-0.4, -0.2) is 6.90 Å². The number of aryl methyl sites for hydroxylation is 3. The van der Waals surface area contributed by atoms with E-state index in [-0.39, 0.29) is 0 Å². The van der Waals surface area contributed by atoms with Crippen molar-refractivity contribution < 1.29 is 4.65 Å². The minimum absolute atomic E-state index is 0.857. The van der Waals surface area contributed by atoms with Crippen molar-refractivity contribution in [3.8, 4) is 5.75 Å². The first kappa shape index (κ1) is 9.46. The van der Waals surface area contributed by atoms with Crippen LogP contribution in [0.25, 0.3) is 0 Å². The molecule has 0 amide bonds. The monoisotopic (exact) mass is 181 g/mol. The van der Waals surface area contributed by atoms with E-state index in [1.165, 1.54) is 12.5 Å². The predicted molar refractivity (Wildman–Crippen MR) is 52.9 cm³/mol. The van der Waals surface area contributed by atoms with Gasteiger partial charge in [-0.25, -0.2) is 0 Å². The molecule has 0 aliphatic heterocycles. The van der Waals surface area contributed by atoms with Crippen molar-refractivity contribution in [1.29, 1.82) is 0 Å². The SMILES string of the molecule is Cc1cc(C)c(O[B-]Cl)c(C)c1. The van der Waals surface area contributed by atoms with Gasteiger partial charge in [-0.2, -0.15) is 0 Å². The van der Waals surface area contributed by atoms with E-state index >= 15 is 0 Å².